The molecule has 1 unspecified atom stereocenters. The van der Waals surface area contributed by atoms with Gasteiger partial charge in [-0.1, -0.05) is 11.6 Å². The largest absolute Gasteiger partial charge is 0.461 e. The Morgan fingerprint density at radius 2 is 1.86 bits per heavy atom. The highest BCUT2D eigenvalue weighted by atomic mass is 35.5. The molecule has 0 radical (unpaired) electrons. The quantitative estimate of drug-likeness (QED) is 0.723. The van der Waals surface area contributed by atoms with E-state index >= 15 is 0 Å². The van der Waals surface area contributed by atoms with Crippen molar-refractivity contribution in [2.24, 2.45) is 5.92 Å². The van der Waals surface area contributed by atoms with Crippen molar-refractivity contribution in [2.45, 2.75) is 33.1 Å². The molecule has 22 heavy (non-hydrogen) atoms. The van der Waals surface area contributed by atoms with Gasteiger partial charge in [0.05, 0.1) is 5.02 Å². The zero-order valence-corrected chi connectivity index (χ0v) is 13.7. The van der Waals surface area contributed by atoms with Crippen LogP contribution in [0.15, 0.2) is 21.0 Å². The molecule has 0 aliphatic carbocycles. The molecular weight excluding hydrogens is 298 g/mol. The summed E-state index contributed by atoms with van der Waals surface area (Å²) in [4.78, 5) is 0. The fourth-order valence-electron chi connectivity index (χ4n) is 3.64. The van der Waals surface area contributed by atoms with Gasteiger partial charge >= 0.3 is 0 Å². The van der Waals surface area contributed by atoms with E-state index in [1.165, 1.54) is 18.4 Å². The smallest absolute Gasteiger partial charge is 0.154 e. The van der Waals surface area contributed by atoms with Gasteiger partial charge in [-0.2, -0.15) is 0 Å². The molecule has 0 bridgehead atoms. The molecule has 116 valence electrons. The van der Waals surface area contributed by atoms with Crippen LogP contribution >= 0.6 is 11.6 Å². The number of fused-ring (bicyclic) bond motifs is 2. The number of benzene rings is 1. The summed E-state index contributed by atoms with van der Waals surface area (Å²) in [6.45, 7) is 6.14. The molecule has 1 aliphatic rings. The maximum absolute atomic E-state index is 6.55. The van der Waals surface area contributed by atoms with E-state index in [2.05, 4.69) is 11.4 Å². The number of piperidine rings is 1. The number of rotatable bonds is 2. The van der Waals surface area contributed by atoms with Crippen molar-refractivity contribution in [3.63, 3.8) is 0 Å². The second-order valence-corrected chi connectivity index (χ2v) is 6.79. The lowest BCUT2D eigenvalue weighted by molar-refractivity contribution is 0.376. The van der Waals surface area contributed by atoms with Crippen molar-refractivity contribution in [1.82, 2.24) is 5.32 Å². The summed E-state index contributed by atoms with van der Waals surface area (Å²) in [5.41, 5.74) is 2.97. The van der Waals surface area contributed by atoms with Crippen molar-refractivity contribution in [1.29, 1.82) is 0 Å². The van der Waals surface area contributed by atoms with Crippen LogP contribution in [-0.2, 0) is 6.42 Å². The Morgan fingerprint density at radius 3 is 2.59 bits per heavy atom. The summed E-state index contributed by atoms with van der Waals surface area (Å²) in [6, 6.07) is 4.10. The van der Waals surface area contributed by atoms with Crippen LogP contribution in [0.1, 0.15) is 29.9 Å². The first-order valence-electron chi connectivity index (χ1n) is 7.95. The lowest BCUT2D eigenvalue weighted by Crippen LogP contribution is -2.30. The van der Waals surface area contributed by atoms with Crippen LogP contribution in [0.2, 0.25) is 5.02 Å². The SMILES string of the molecule is Cc1cc2c(CC3CCCNC3)c3oc(C)cc3c(Cl)c2o1. The Bertz CT molecular complexity index is 782. The van der Waals surface area contributed by atoms with Crippen LogP contribution in [0.25, 0.3) is 21.9 Å². The Balaban J connectivity index is 1.93. The number of hydrogen-bond donors (Lipinski definition) is 1. The summed E-state index contributed by atoms with van der Waals surface area (Å²) in [7, 11) is 0. The standard InChI is InChI=1S/C18H20ClNO2/c1-10-6-13-14(8-12-4-3-5-20-9-12)17-15(7-11(2)21-17)16(19)18(13)22-10/h6-7,12,20H,3-5,8-9H2,1-2H3. The van der Waals surface area contributed by atoms with Crippen molar-refractivity contribution in [3.05, 3.63) is 34.2 Å². The summed E-state index contributed by atoms with van der Waals surface area (Å²) >= 11 is 6.55. The van der Waals surface area contributed by atoms with Gasteiger partial charge in [-0.15, -0.1) is 0 Å². The van der Waals surface area contributed by atoms with Crippen molar-refractivity contribution < 1.29 is 8.83 Å². The topological polar surface area (TPSA) is 38.3 Å². The molecule has 1 aliphatic heterocycles. The first-order valence-corrected chi connectivity index (χ1v) is 8.32. The monoisotopic (exact) mass is 317 g/mol. The molecule has 1 fully saturated rings. The van der Waals surface area contributed by atoms with E-state index in [0.717, 1.165) is 53.0 Å². The molecule has 0 spiro atoms. The van der Waals surface area contributed by atoms with Crippen LogP contribution < -0.4 is 5.32 Å². The molecular formula is C18H20ClNO2. The Hall–Kier alpha value is -1.45. The maximum Gasteiger partial charge on any atom is 0.154 e. The Kier molecular flexibility index (Phi) is 3.43. The van der Waals surface area contributed by atoms with Crippen molar-refractivity contribution >= 4 is 33.5 Å². The third kappa shape index (κ3) is 2.24. The highest BCUT2D eigenvalue weighted by Gasteiger charge is 2.23. The average Bonchev–Trinajstić information content (AvgIpc) is 3.08. The van der Waals surface area contributed by atoms with E-state index < -0.39 is 0 Å². The molecule has 4 heteroatoms. The van der Waals surface area contributed by atoms with Gasteiger partial charge in [-0.05, 0) is 64.3 Å². The molecule has 1 N–H and O–H groups in total. The third-order valence-corrected chi connectivity index (χ3v) is 5.01. The summed E-state index contributed by atoms with van der Waals surface area (Å²) in [5.74, 6) is 2.43. The minimum atomic E-state index is 0.641. The normalized spacial score (nSPS) is 19.3. The predicted octanol–water partition coefficient (Wildman–Crippen LogP) is 4.99. The van der Waals surface area contributed by atoms with Gasteiger partial charge < -0.3 is 14.2 Å². The zero-order chi connectivity index (χ0) is 15.3. The molecule has 1 aromatic carbocycles. The van der Waals surface area contributed by atoms with E-state index in [4.69, 9.17) is 20.4 Å². The minimum absolute atomic E-state index is 0.641. The van der Waals surface area contributed by atoms with Gasteiger partial charge in [0.1, 0.15) is 17.1 Å². The number of aryl methyl sites for hydroxylation is 2. The van der Waals surface area contributed by atoms with Gasteiger partial charge in [-0.25, -0.2) is 0 Å². The number of hydrogen-bond acceptors (Lipinski definition) is 3. The van der Waals surface area contributed by atoms with E-state index in [1.807, 2.05) is 19.9 Å². The summed E-state index contributed by atoms with van der Waals surface area (Å²) in [6.07, 6.45) is 3.50. The van der Waals surface area contributed by atoms with Gasteiger partial charge in [0.25, 0.3) is 0 Å². The van der Waals surface area contributed by atoms with Gasteiger partial charge in [0.2, 0.25) is 0 Å². The molecule has 4 rings (SSSR count). The molecule has 0 saturated carbocycles. The lowest BCUT2D eigenvalue weighted by Gasteiger charge is -2.23. The Labute approximate surface area is 134 Å². The fraction of sp³-hybridized carbons (Fsp3) is 0.444. The van der Waals surface area contributed by atoms with Gasteiger partial charge in [0.15, 0.2) is 5.58 Å². The van der Waals surface area contributed by atoms with E-state index in [1.54, 1.807) is 0 Å². The summed E-state index contributed by atoms with van der Waals surface area (Å²) in [5, 5.41) is 6.24. The zero-order valence-electron chi connectivity index (χ0n) is 13.0. The molecule has 3 heterocycles. The van der Waals surface area contributed by atoms with Crippen molar-refractivity contribution in [3.8, 4) is 0 Å². The van der Waals surface area contributed by atoms with Crippen LogP contribution in [-0.4, -0.2) is 13.1 Å². The number of furan rings is 2. The first kappa shape index (κ1) is 14.2. The second kappa shape index (κ2) is 5.32. The first-order chi connectivity index (χ1) is 10.6. The van der Waals surface area contributed by atoms with Crippen molar-refractivity contribution in [2.75, 3.05) is 13.1 Å². The van der Waals surface area contributed by atoms with E-state index in [9.17, 15) is 0 Å². The lowest BCUT2D eigenvalue weighted by atomic mass is 9.90. The molecule has 1 atom stereocenters. The molecule has 2 aromatic heterocycles. The highest BCUT2D eigenvalue weighted by molar-refractivity contribution is 6.40. The highest BCUT2D eigenvalue weighted by Crippen LogP contribution is 2.40. The average molecular weight is 318 g/mol. The number of nitrogens with one attached hydrogen (secondary N) is 1. The third-order valence-electron chi connectivity index (χ3n) is 4.64. The minimum Gasteiger partial charge on any atom is -0.461 e. The van der Waals surface area contributed by atoms with Crippen LogP contribution in [0.3, 0.4) is 0 Å². The molecule has 3 aromatic rings. The van der Waals surface area contributed by atoms with E-state index in [0.29, 0.717) is 10.9 Å². The Morgan fingerprint density at radius 1 is 1.14 bits per heavy atom. The molecule has 0 amide bonds. The predicted molar refractivity (Wildman–Crippen MR) is 89.8 cm³/mol. The van der Waals surface area contributed by atoms with Crippen LogP contribution in [0.5, 0.6) is 0 Å². The number of halogens is 1. The fourth-order valence-corrected chi connectivity index (χ4v) is 3.92. The maximum atomic E-state index is 6.55. The second-order valence-electron chi connectivity index (χ2n) is 6.41. The van der Waals surface area contributed by atoms with Crippen LogP contribution in [0, 0.1) is 19.8 Å². The molecule has 1 saturated heterocycles. The van der Waals surface area contributed by atoms with Gasteiger partial charge in [-0.3, -0.25) is 0 Å². The summed E-state index contributed by atoms with van der Waals surface area (Å²) < 4.78 is 11.8. The molecule has 3 nitrogen and oxygen atoms in total. The van der Waals surface area contributed by atoms with Gasteiger partial charge in [0, 0.05) is 16.3 Å². The van der Waals surface area contributed by atoms with E-state index in [-0.39, 0.29) is 0 Å². The van der Waals surface area contributed by atoms with Crippen LogP contribution in [0.4, 0.5) is 0 Å².